The van der Waals surface area contributed by atoms with Crippen molar-refractivity contribution < 1.29 is 12.3 Å². The number of benzene rings is 1. The molecule has 0 atom stereocenters. The molecule has 0 saturated carbocycles. The van der Waals surface area contributed by atoms with Crippen LogP contribution in [0, 0.1) is 0 Å². The van der Waals surface area contributed by atoms with Crippen LogP contribution in [0.15, 0.2) is 24.3 Å². The molecule has 0 aliphatic heterocycles. The van der Waals surface area contributed by atoms with E-state index in [2.05, 4.69) is 13.8 Å². The smallest absolute Gasteiger partial charge is 0.195 e. The minimum absolute atomic E-state index is 0.233. The standard InChI is InChI=1S/C11H15FO2S/c1-9(2)11-5-3-10(4-6-11)7-8-15(12,13)14/h3-6,9H,7-8H2,1-2H3. The van der Waals surface area contributed by atoms with Crippen molar-refractivity contribution >= 4 is 10.2 Å². The van der Waals surface area contributed by atoms with E-state index in [1.54, 1.807) is 0 Å². The Hall–Kier alpha value is -0.900. The summed E-state index contributed by atoms with van der Waals surface area (Å²) < 4.78 is 32.9. The Morgan fingerprint density at radius 1 is 1.20 bits per heavy atom. The van der Waals surface area contributed by atoms with Crippen molar-refractivity contribution in [3.05, 3.63) is 35.4 Å². The highest BCUT2D eigenvalue weighted by molar-refractivity contribution is 7.86. The quantitative estimate of drug-likeness (QED) is 0.745. The molecule has 0 spiro atoms. The Balaban J connectivity index is 2.65. The molecule has 0 amide bonds. The minimum Gasteiger partial charge on any atom is -0.195 e. The topological polar surface area (TPSA) is 34.1 Å². The van der Waals surface area contributed by atoms with E-state index < -0.39 is 16.0 Å². The Morgan fingerprint density at radius 3 is 2.13 bits per heavy atom. The van der Waals surface area contributed by atoms with Gasteiger partial charge in [-0.3, -0.25) is 0 Å². The monoisotopic (exact) mass is 230 g/mol. The molecule has 0 unspecified atom stereocenters. The number of aryl methyl sites for hydroxylation is 1. The van der Waals surface area contributed by atoms with Crippen molar-refractivity contribution in [3.8, 4) is 0 Å². The molecular formula is C11H15FO2S. The number of rotatable bonds is 4. The Morgan fingerprint density at radius 2 is 1.73 bits per heavy atom. The van der Waals surface area contributed by atoms with Crippen molar-refractivity contribution in [2.24, 2.45) is 0 Å². The molecule has 1 rings (SSSR count). The molecule has 1 aromatic rings. The van der Waals surface area contributed by atoms with Crippen molar-refractivity contribution in [2.75, 3.05) is 5.75 Å². The molecule has 0 aromatic heterocycles. The lowest BCUT2D eigenvalue weighted by molar-refractivity contribution is 0.551. The summed E-state index contributed by atoms with van der Waals surface area (Å²) in [4.78, 5) is 0. The van der Waals surface area contributed by atoms with Crippen LogP contribution in [0.3, 0.4) is 0 Å². The van der Waals surface area contributed by atoms with E-state index in [1.165, 1.54) is 5.56 Å². The SMILES string of the molecule is CC(C)c1ccc(CCS(=O)(=O)F)cc1. The van der Waals surface area contributed by atoms with Crippen LogP contribution in [0.5, 0.6) is 0 Å². The van der Waals surface area contributed by atoms with Crippen LogP contribution in [-0.2, 0) is 16.6 Å². The van der Waals surface area contributed by atoms with Crippen LogP contribution in [0.25, 0.3) is 0 Å². The van der Waals surface area contributed by atoms with Crippen molar-refractivity contribution in [1.29, 1.82) is 0 Å². The molecule has 0 aliphatic rings. The zero-order valence-corrected chi connectivity index (χ0v) is 9.72. The number of hydrogen-bond acceptors (Lipinski definition) is 2. The maximum absolute atomic E-state index is 12.3. The predicted octanol–water partition coefficient (Wildman–Crippen LogP) is 2.65. The van der Waals surface area contributed by atoms with Crippen LogP contribution in [0.2, 0.25) is 0 Å². The van der Waals surface area contributed by atoms with Gasteiger partial charge in [-0.15, -0.1) is 3.89 Å². The third-order valence-electron chi connectivity index (χ3n) is 2.28. The lowest BCUT2D eigenvalue weighted by atomic mass is 10.0. The molecule has 2 nitrogen and oxygen atoms in total. The van der Waals surface area contributed by atoms with Crippen LogP contribution >= 0.6 is 0 Å². The predicted molar refractivity (Wildman–Crippen MR) is 59.1 cm³/mol. The van der Waals surface area contributed by atoms with Gasteiger partial charge >= 0.3 is 10.2 Å². The van der Waals surface area contributed by atoms with E-state index in [4.69, 9.17) is 0 Å². The molecule has 15 heavy (non-hydrogen) atoms. The maximum Gasteiger partial charge on any atom is 0.302 e. The van der Waals surface area contributed by atoms with Gasteiger partial charge in [-0.25, -0.2) is 0 Å². The molecule has 84 valence electrons. The molecule has 0 saturated heterocycles. The summed E-state index contributed by atoms with van der Waals surface area (Å²) in [6, 6.07) is 7.59. The van der Waals surface area contributed by atoms with E-state index in [0.29, 0.717) is 5.92 Å². The second-order valence-electron chi connectivity index (χ2n) is 3.89. The molecule has 0 radical (unpaired) electrons. The molecule has 0 N–H and O–H groups in total. The normalized spacial score (nSPS) is 12.0. The van der Waals surface area contributed by atoms with Gasteiger partial charge in [0.15, 0.2) is 0 Å². The maximum atomic E-state index is 12.3. The van der Waals surface area contributed by atoms with Gasteiger partial charge in [-0.05, 0) is 23.5 Å². The fourth-order valence-corrected chi connectivity index (χ4v) is 1.79. The zero-order chi connectivity index (χ0) is 11.5. The highest BCUT2D eigenvalue weighted by Gasteiger charge is 2.07. The highest BCUT2D eigenvalue weighted by atomic mass is 32.3. The molecule has 4 heteroatoms. The van der Waals surface area contributed by atoms with E-state index in [1.807, 2.05) is 24.3 Å². The first-order valence-electron chi connectivity index (χ1n) is 4.89. The first kappa shape index (κ1) is 12.2. The van der Waals surface area contributed by atoms with E-state index >= 15 is 0 Å². The first-order chi connectivity index (χ1) is 6.88. The Bertz CT molecular complexity index is 407. The minimum atomic E-state index is -4.35. The summed E-state index contributed by atoms with van der Waals surface area (Å²) in [7, 11) is -4.35. The van der Waals surface area contributed by atoms with Gasteiger partial charge in [0.25, 0.3) is 0 Å². The van der Waals surface area contributed by atoms with E-state index in [-0.39, 0.29) is 6.42 Å². The average Bonchev–Trinajstić information content (AvgIpc) is 2.14. The molecule has 0 fully saturated rings. The number of hydrogen-bond donors (Lipinski definition) is 0. The highest BCUT2D eigenvalue weighted by Crippen LogP contribution is 2.15. The van der Waals surface area contributed by atoms with Crippen molar-refractivity contribution in [3.63, 3.8) is 0 Å². The van der Waals surface area contributed by atoms with E-state index in [9.17, 15) is 12.3 Å². The molecule has 0 heterocycles. The fraction of sp³-hybridized carbons (Fsp3) is 0.455. The van der Waals surface area contributed by atoms with Crippen LogP contribution in [0.1, 0.15) is 30.9 Å². The van der Waals surface area contributed by atoms with Gasteiger partial charge in [0.2, 0.25) is 0 Å². The number of halogens is 1. The molecule has 0 aliphatic carbocycles. The van der Waals surface area contributed by atoms with Crippen molar-refractivity contribution in [2.45, 2.75) is 26.2 Å². The van der Waals surface area contributed by atoms with Gasteiger partial charge in [-0.2, -0.15) is 8.42 Å². The summed E-state index contributed by atoms with van der Waals surface area (Å²) in [6.07, 6.45) is 0.233. The summed E-state index contributed by atoms with van der Waals surface area (Å²) in [5, 5.41) is 0. The van der Waals surface area contributed by atoms with Crippen LogP contribution in [0.4, 0.5) is 3.89 Å². The largest absolute Gasteiger partial charge is 0.302 e. The summed E-state index contributed by atoms with van der Waals surface area (Å²) in [5.41, 5.74) is 2.04. The fourth-order valence-electron chi connectivity index (χ4n) is 1.31. The molecule has 1 aromatic carbocycles. The lowest BCUT2D eigenvalue weighted by Crippen LogP contribution is -2.02. The van der Waals surface area contributed by atoms with Crippen LogP contribution < -0.4 is 0 Å². The summed E-state index contributed by atoms with van der Waals surface area (Å²) in [6.45, 7) is 4.17. The van der Waals surface area contributed by atoms with Gasteiger partial charge in [0.1, 0.15) is 0 Å². The average molecular weight is 230 g/mol. The third kappa shape index (κ3) is 4.42. The zero-order valence-electron chi connectivity index (χ0n) is 8.90. The molecule has 0 bridgehead atoms. The Kier molecular flexibility index (Phi) is 3.85. The van der Waals surface area contributed by atoms with Crippen molar-refractivity contribution in [1.82, 2.24) is 0 Å². The summed E-state index contributed by atoms with van der Waals surface area (Å²) in [5.74, 6) is 0.0116. The van der Waals surface area contributed by atoms with Gasteiger partial charge in [-0.1, -0.05) is 38.1 Å². The third-order valence-corrected chi connectivity index (χ3v) is 2.97. The lowest BCUT2D eigenvalue weighted by Gasteiger charge is -2.05. The molecular weight excluding hydrogens is 215 g/mol. The Labute approximate surface area is 90.3 Å². The second kappa shape index (κ2) is 4.75. The first-order valence-corrected chi connectivity index (χ1v) is 6.45. The van der Waals surface area contributed by atoms with Gasteiger partial charge < -0.3 is 0 Å². The van der Waals surface area contributed by atoms with E-state index in [0.717, 1.165) is 5.56 Å². The van der Waals surface area contributed by atoms with Gasteiger partial charge in [0.05, 0.1) is 5.75 Å². The van der Waals surface area contributed by atoms with Gasteiger partial charge in [0, 0.05) is 0 Å². The van der Waals surface area contributed by atoms with Crippen LogP contribution in [-0.4, -0.2) is 14.2 Å². The second-order valence-corrected chi connectivity index (χ2v) is 5.38. The summed E-state index contributed by atoms with van der Waals surface area (Å²) >= 11 is 0.